The van der Waals surface area contributed by atoms with Crippen molar-refractivity contribution in [3.05, 3.63) is 41.5 Å². The number of benzene rings is 1. The number of likely N-dealkylation sites (tertiary alicyclic amines) is 1. The van der Waals surface area contributed by atoms with Gasteiger partial charge in [0, 0.05) is 25.8 Å². The summed E-state index contributed by atoms with van der Waals surface area (Å²) in [7, 11) is 0. The summed E-state index contributed by atoms with van der Waals surface area (Å²) in [5.74, 6) is -0.0725. The quantitative estimate of drug-likeness (QED) is 0.843. The highest BCUT2D eigenvalue weighted by atomic mass is 16.5. The van der Waals surface area contributed by atoms with Crippen molar-refractivity contribution >= 4 is 17.4 Å². The van der Waals surface area contributed by atoms with Crippen molar-refractivity contribution in [2.75, 3.05) is 19.7 Å². The van der Waals surface area contributed by atoms with Gasteiger partial charge in [-0.05, 0) is 55.7 Å². The van der Waals surface area contributed by atoms with E-state index in [-0.39, 0.29) is 23.8 Å². The number of carbonyl (C=O) groups excluding carboxylic acids is 2. The Morgan fingerprint density at radius 2 is 1.88 bits per heavy atom. The van der Waals surface area contributed by atoms with E-state index < -0.39 is 0 Å². The summed E-state index contributed by atoms with van der Waals surface area (Å²) in [6, 6.07) is 8.09. The number of carbonyl (C=O) groups is 2. The Kier molecular flexibility index (Phi) is 5.77. The second kappa shape index (κ2) is 8.04. The molecule has 26 heavy (non-hydrogen) atoms. The highest BCUT2D eigenvalue weighted by Crippen LogP contribution is 2.33. The number of primary amides is 1. The Balaban J connectivity index is 1.59. The Labute approximate surface area is 155 Å². The normalized spacial score (nSPS) is 24.7. The molecule has 2 heterocycles. The molecular formula is C21H28N2O3. The molecule has 2 N–H and O–H groups in total. The fourth-order valence-corrected chi connectivity index (χ4v) is 4.20. The Morgan fingerprint density at radius 3 is 2.54 bits per heavy atom. The van der Waals surface area contributed by atoms with Crippen molar-refractivity contribution < 1.29 is 14.3 Å². The highest BCUT2D eigenvalue weighted by Gasteiger charge is 2.39. The van der Waals surface area contributed by atoms with Crippen molar-refractivity contribution in [2.45, 2.75) is 39.2 Å². The van der Waals surface area contributed by atoms with Crippen LogP contribution in [-0.4, -0.2) is 42.5 Å². The van der Waals surface area contributed by atoms with E-state index in [1.54, 1.807) is 6.08 Å². The maximum atomic E-state index is 12.6. The van der Waals surface area contributed by atoms with E-state index in [0.29, 0.717) is 25.6 Å². The fraction of sp³-hybridized carbons (Fsp3) is 0.524. The van der Waals surface area contributed by atoms with Gasteiger partial charge < -0.3 is 15.4 Å². The SMILES string of the molecule is C/C(=C\C(=O)N1CCC([C@H]2OCC[C@@H]2C(N)=O)CC1)c1ccccc1C. The third kappa shape index (κ3) is 3.98. The van der Waals surface area contributed by atoms with E-state index >= 15 is 0 Å². The molecule has 1 aromatic carbocycles. The second-order valence-corrected chi connectivity index (χ2v) is 7.44. The molecule has 0 bridgehead atoms. The predicted octanol–water partition coefficient (Wildman–Crippen LogP) is 2.53. The average Bonchev–Trinajstić information content (AvgIpc) is 3.12. The second-order valence-electron chi connectivity index (χ2n) is 7.44. The van der Waals surface area contributed by atoms with Crippen LogP contribution in [0.5, 0.6) is 0 Å². The molecule has 0 aromatic heterocycles. The van der Waals surface area contributed by atoms with Crippen molar-refractivity contribution in [3.63, 3.8) is 0 Å². The predicted molar refractivity (Wildman–Crippen MR) is 101 cm³/mol. The first-order chi connectivity index (χ1) is 12.5. The van der Waals surface area contributed by atoms with E-state index in [9.17, 15) is 9.59 Å². The summed E-state index contributed by atoms with van der Waals surface area (Å²) < 4.78 is 5.78. The van der Waals surface area contributed by atoms with Gasteiger partial charge in [-0.15, -0.1) is 0 Å². The van der Waals surface area contributed by atoms with E-state index in [2.05, 4.69) is 13.0 Å². The third-order valence-corrected chi connectivity index (χ3v) is 5.73. The van der Waals surface area contributed by atoms with Crippen LogP contribution in [0.25, 0.3) is 5.57 Å². The summed E-state index contributed by atoms with van der Waals surface area (Å²) in [5, 5.41) is 0. The summed E-state index contributed by atoms with van der Waals surface area (Å²) >= 11 is 0. The van der Waals surface area contributed by atoms with Gasteiger partial charge in [-0.25, -0.2) is 0 Å². The highest BCUT2D eigenvalue weighted by molar-refractivity contribution is 5.95. The zero-order valence-electron chi connectivity index (χ0n) is 15.6. The van der Waals surface area contributed by atoms with Crippen molar-refractivity contribution in [3.8, 4) is 0 Å². The Bertz CT molecular complexity index is 705. The molecule has 0 saturated carbocycles. The molecule has 0 unspecified atom stereocenters. The van der Waals surface area contributed by atoms with Gasteiger partial charge in [-0.1, -0.05) is 24.3 Å². The number of nitrogens with two attached hydrogens (primary N) is 1. The number of piperidine rings is 1. The van der Waals surface area contributed by atoms with Gasteiger partial charge in [0.05, 0.1) is 12.0 Å². The minimum Gasteiger partial charge on any atom is -0.377 e. The van der Waals surface area contributed by atoms with Crippen LogP contribution in [0.1, 0.15) is 37.3 Å². The number of ether oxygens (including phenoxy) is 1. The molecule has 0 aliphatic carbocycles. The lowest BCUT2D eigenvalue weighted by Crippen LogP contribution is -2.43. The van der Waals surface area contributed by atoms with Crippen LogP contribution in [0.15, 0.2) is 30.3 Å². The van der Waals surface area contributed by atoms with Crippen LogP contribution >= 0.6 is 0 Å². The molecule has 1 aromatic rings. The monoisotopic (exact) mass is 356 g/mol. The molecule has 2 aliphatic heterocycles. The molecule has 5 heteroatoms. The zero-order valence-corrected chi connectivity index (χ0v) is 15.6. The lowest BCUT2D eigenvalue weighted by Gasteiger charge is -2.35. The maximum Gasteiger partial charge on any atom is 0.246 e. The molecule has 140 valence electrons. The number of hydrogen-bond donors (Lipinski definition) is 1. The Hall–Kier alpha value is -2.14. The summed E-state index contributed by atoms with van der Waals surface area (Å²) in [6.07, 6.45) is 4.10. The third-order valence-electron chi connectivity index (χ3n) is 5.73. The van der Waals surface area contributed by atoms with Gasteiger partial charge >= 0.3 is 0 Å². The smallest absolute Gasteiger partial charge is 0.246 e. The first kappa shape index (κ1) is 18.6. The van der Waals surface area contributed by atoms with E-state index in [0.717, 1.165) is 30.4 Å². The zero-order chi connectivity index (χ0) is 18.7. The lowest BCUT2D eigenvalue weighted by atomic mass is 9.84. The van der Waals surface area contributed by atoms with E-state index in [1.807, 2.05) is 30.0 Å². The van der Waals surface area contributed by atoms with Gasteiger partial charge in [0.2, 0.25) is 11.8 Å². The number of amides is 2. The molecule has 2 amide bonds. The molecule has 2 aliphatic rings. The van der Waals surface area contributed by atoms with Gasteiger partial charge in [0.25, 0.3) is 0 Å². The summed E-state index contributed by atoms with van der Waals surface area (Å²) in [6.45, 7) is 6.05. The van der Waals surface area contributed by atoms with Crippen molar-refractivity contribution in [2.24, 2.45) is 17.6 Å². The molecule has 2 atom stereocenters. The molecule has 0 spiro atoms. The van der Waals surface area contributed by atoms with E-state index in [1.165, 1.54) is 5.56 Å². The van der Waals surface area contributed by atoms with Crippen molar-refractivity contribution in [1.82, 2.24) is 4.90 Å². The Morgan fingerprint density at radius 1 is 1.19 bits per heavy atom. The number of rotatable bonds is 4. The van der Waals surface area contributed by atoms with Crippen LogP contribution in [0.4, 0.5) is 0 Å². The summed E-state index contributed by atoms with van der Waals surface area (Å²) in [5.41, 5.74) is 8.77. The van der Waals surface area contributed by atoms with Crippen molar-refractivity contribution in [1.29, 1.82) is 0 Å². The van der Waals surface area contributed by atoms with Crippen LogP contribution in [0.2, 0.25) is 0 Å². The molecule has 5 nitrogen and oxygen atoms in total. The number of nitrogens with zero attached hydrogens (tertiary/aromatic N) is 1. The molecule has 3 rings (SSSR count). The first-order valence-corrected chi connectivity index (χ1v) is 9.41. The summed E-state index contributed by atoms with van der Waals surface area (Å²) in [4.78, 5) is 26.1. The first-order valence-electron chi connectivity index (χ1n) is 9.41. The average molecular weight is 356 g/mol. The molecule has 2 saturated heterocycles. The number of allylic oxidation sites excluding steroid dienone is 1. The lowest BCUT2D eigenvalue weighted by molar-refractivity contribution is -0.130. The standard InChI is InChI=1S/C21H28N2O3/c1-14-5-3-4-6-17(14)15(2)13-19(24)23-10-7-16(8-11-23)20-18(21(22)25)9-12-26-20/h3-6,13,16,18,20H,7-12H2,1-2H3,(H2,22,25)/b15-13+/t18-,20+/m0/s1. The topological polar surface area (TPSA) is 72.6 Å². The molecular weight excluding hydrogens is 328 g/mol. The number of aryl methyl sites for hydroxylation is 1. The van der Waals surface area contributed by atoms with Gasteiger partial charge in [0.15, 0.2) is 0 Å². The van der Waals surface area contributed by atoms with Gasteiger partial charge in [-0.3, -0.25) is 9.59 Å². The van der Waals surface area contributed by atoms with Crippen LogP contribution in [0.3, 0.4) is 0 Å². The fourth-order valence-electron chi connectivity index (χ4n) is 4.20. The molecule has 2 fully saturated rings. The molecule has 0 radical (unpaired) electrons. The minimum atomic E-state index is -0.261. The largest absolute Gasteiger partial charge is 0.377 e. The van der Waals surface area contributed by atoms with Gasteiger partial charge in [-0.2, -0.15) is 0 Å². The maximum absolute atomic E-state index is 12.6. The minimum absolute atomic E-state index is 0.0583. The van der Waals surface area contributed by atoms with Crippen LogP contribution in [0, 0.1) is 18.8 Å². The van der Waals surface area contributed by atoms with E-state index in [4.69, 9.17) is 10.5 Å². The van der Waals surface area contributed by atoms with Crippen LogP contribution < -0.4 is 5.73 Å². The van der Waals surface area contributed by atoms with Gasteiger partial charge in [0.1, 0.15) is 0 Å². The van der Waals surface area contributed by atoms with Crippen LogP contribution in [-0.2, 0) is 14.3 Å². The number of hydrogen-bond acceptors (Lipinski definition) is 3.